The molecule has 3 saturated heterocycles. The standard InChI is InChI=1S/C14H21N3O/c1-18-14-3-2-11(9-16-14)8-15-13-10-17-6-4-12(13)5-7-17/h2-3,9,12-13,15H,4-8,10H2,1H3. The van der Waals surface area contributed by atoms with Crippen LogP contribution in [-0.4, -0.2) is 42.7 Å². The van der Waals surface area contributed by atoms with Crippen LogP contribution in [0.5, 0.6) is 5.88 Å². The maximum absolute atomic E-state index is 5.07. The summed E-state index contributed by atoms with van der Waals surface area (Å²) in [5.74, 6) is 1.56. The van der Waals surface area contributed by atoms with Crippen LogP contribution in [0.2, 0.25) is 0 Å². The number of nitrogens with one attached hydrogen (secondary N) is 1. The number of ether oxygens (including phenoxy) is 1. The van der Waals surface area contributed by atoms with E-state index in [0.29, 0.717) is 11.9 Å². The summed E-state index contributed by atoms with van der Waals surface area (Å²) in [5, 5.41) is 3.68. The van der Waals surface area contributed by atoms with Crippen molar-refractivity contribution >= 4 is 0 Å². The summed E-state index contributed by atoms with van der Waals surface area (Å²) < 4.78 is 5.07. The maximum Gasteiger partial charge on any atom is 0.212 e. The van der Waals surface area contributed by atoms with Gasteiger partial charge < -0.3 is 15.0 Å². The number of hydrogen-bond acceptors (Lipinski definition) is 4. The van der Waals surface area contributed by atoms with Gasteiger partial charge in [-0.05, 0) is 37.4 Å². The summed E-state index contributed by atoms with van der Waals surface area (Å²) in [6, 6.07) is 4.67. The van der Waals surface area contributed by atoms with Crippen LogP contribution in [0, 0.1) is 5.92 Å². The molecule has 1 N–H and O–H groups in total. The van der Waals surface area contributed by atoms with Gasteiger partial charge in [-0.3, -0.25) is 0 Å². The van der Waals surface area contributed by atoms with E-state index in [1.54, 1.807) is 7.11 Å². The average Bonchev–Trinajstić information content (AvgIpc) is 2.47. The van der Waals surface area contributed by atoms with Gasteiger partial charge in [0.15, 0.2) is 0 Å². The molecule has 0 spiro atoms. The fourth-order valence-corrected chi connectivity index (χ4v) is 3.08. The van der Waals surface area contributed by atoms with Crippen molar-refractivity contribution < 1.29 is 4.74 Å². The molecular weight excluding hydrogens is 226 g/mol. The van der Waals surface area contributed by atoms with Gasteiger partial charge in [-0.25, -0.2) is 4.98 Å². The first kappa shape index (κ1) is 11.9. The number of piperidine rings is 3. The van der Waals surface area contributed by atoms with E-state index in [0.717, 1.165) is 12.5 Å². The summed E-state index contributed by atoms with van der Waals surface area (Å²) >= 11 is 0. The molecule has 1 aromatic heterocycles. The van der Waals surface area contributed by atoms with E-state index in [1.165, 1.54) is 38.0 Å². The second-order valence-corrected chi connectivity index (χ2v) is 5.33. The third-order valence-corrected chi connectivity index (χ3v) is 4.23. The Balaban J connectivity index is 1.54. The summed E-state index contributed by atoms with van der Waals surface area (Å²) in [6.07, 6.45) is 4.62. The molecule has 4 heterocycles. The van der Waals surface area contributed by atoms with Crippen LogP contribution in [0.4, 0.5) is 0 Å². The molecular formula is C14H21N3O. The minimum absolute atomic E-state index is 0.662. The Morgan fingerprint density at radius 2 is 2.22 bits per heavy atom. The SMILES string of the molecule is COc1ccc(CNC2CN3CCC2CC3)cn1. The highest BCUT2D eigenvalue weighted by Gasteiger charge is 2.33. The van der Waals surface area contributed by atoms with Crippen molar-refractivity contribution in [3.63, 3.8) is 0 Å². The van der Waals surface area contributed by atoms with E-state index in [2.05, 4.69) is 21.3 Å². The normalized spacial score (nSPS) is 30.4. The van der Waals surface area contributed by atoms with Crippen molar-refractivity contribution in [3.05, 3.63) is 23.9 Å². The third kappa shape index (κ3) is 2.49. The first-order chi connectivity index (χ1) is 8.85. The lowest BCUT2D eigenvalue weighted by Crippen LogP contribution is -2.55. The van der Waals surface area contributed by atoms with Gasteiger partial charge in [-0.15, -0.1) is 0 Å². The Hall–Kier alpha value is -1.13. The molecule has 0 aliphatic carbocycles. The number of aromatic nitrogens is 1. The molecule has 3 aliphatic rings. The molecule has 3 fully saturated rings. The molecule has 1 atom stereocenters. The van der Waals surface area contributed by atoms with E-state index in [-0.39, 0.29) is 0 Å². The first-order valence-electron chi connectivity index (χ1n) is 6.80. The molecule has 3 aliphatic heterocycles. The zero-order valence-corrected chi connectivity index (χ0v) is 10.9. The predicted molar refractivity (Wildman–Crippen MR) is 70.6 cm³/mol. The molecule has 1 unspecified atom stereocenters. The maximum atomic E-state index is 5.07. The number of fused-ring (bicyclic) bond motifs is 3. The highest BCUT2D eigenvalue weighted by molar-refractivity contribution is 5.17. The smallest absolute Gasteiger partial charge is 0.212 e. The van der Waals surface area contributed by atoms with Crippen molar-refractivity contribution in [1.82, 2.24) is 15.2 Å². The van der Waals surface area contributed by atoms with E-state index < -0.39 is 0 Å². The Labute approximate surface area is 108 Å². The van der Waals surface area contributed by atoms with Gasteiger partial charge in [0.1, 0.15) is 0 Å². The first-order valence-corrected chi connectivity index (χ1v) is 6.80. The van der Waals surface area contributed by atoms with Gasteiger partial charge in [0, 0.05) is 31.4 Å². The van der Waals surface area contributed by atoms with Crippen molar-refractivity contribution in [3.8, 4) is 5.88 Å². The van der Waals surface area contributed by atoms with Crippen LogP contribution < -0.4 is 10.1 Å². The summed E-state index contributed by atoms with van der Waals surface area (Å²) in [7, 11) is 1.65. The van der Waals surface area contributed by atoms with Crippen LogP contribution >= 0.6 is 0 Å². The van der Waals surface area contributed by atoms with Gasteiger partial charge in [0.25, 0.3) is 0 Å². The molecule has 18 heavy (non-hydrogen) atoms. The molecule has 4 rings (SSSR count). The molecule has 98 valence electrons. The predicted octanol–water partition coefficient (Wildman–Crippen LogP) is 1.27. The van der Waals surface area contributed by atoms with Gasteiger partial charge in [0.2, 0.25) is 5.88 Å². The number of rotatable bonds is 4. The minimum Gasteiger partial charge on any atom is -0.481 e. The summed E-state index contributed by atoms with van der Waals surface area (Å²) in [6.45, 7) is 4.72. The van der Waals surface area contributed by atoms with Crippen molar-refractivity contribution in [2.45, 2.75) is 25.4 Å². The van der Waals surface area contributed by atoms with Crippen molar-refractivity contribution in [2.75, 3.05) is 26.7 Å². The number of hydrogen-bond donors (Lipinski definition) is 1. The zero-order valence-electron chi connectivity index (χ0n) is 10.9. The monoisotopic (exact) mass is 247 g/mol. The number of methoxy groups -OCH3 is 1. The lowest BCUT2D eigenvalue weighted by molar-refractivity contribution is 0.0720. The van der Waals surface area contributed by atoms with E-state index in [9.17, 15) is 0 Å². The molecule has 0 amide bonds. The van der Waals surface area contributed by atoms with Crippen LogP contribution in [0.3, 0.4) is 0 Å². The molecule has 0 radical (unpaired) electrons. The van der Waals surface area contributed by atoms with Gasteiger partial charge in [-0.1, -0.05) is 6.07 Å². The largest absolute Gasteiger partial charge is 0.481 e. The van der Waals surface area contributed by atoms with Crippen molar-refractivity contribution in [1.29, 1.82) is 0 Å². The van der Waals surface area contributed by atoms with E-state index in [4.69, 9.17) is 4.74 Å². The quantitative estimate of drug-likeness (QED) is 0.869. The van der Waals surface area contributed by atoms with E-state index in [1.807, 2.05) is 12.3 Å². The number of pyridine rings is 1. The van der Waals surface area contributed by atoms with Crippen LogP contribution in [0.25, 0.3) is 0 Å². The highest BCUT2D eigenvalue weighted by Crippen LogP contribution is 2.27. The summed E-state index contributed by atoms with van der Waals surface area (Å²) in [5.41, 5.74) is 1.23. The fraction of sp³-hybridized carbons (Fsp3) is 0.643. The molecule has 4 heteroatoms. The Morgan fingerprint density at radius 1 is 1.39 bits per heavy atom. The molecule has 1 aromatic rings. The third-order valence-electron chi connectivity index (χ3n) is 4.23. The van der Waals surface area contributed by atoms with Gasteiger partial charge in [-0.2, -0.15) is 0 Å². The molecule has 2 bridgehead atoms. The molecule has 4 nitrogen and oxygen atoms in total. The fourth-order valence-electron chi connectivity index (χ4n) is 3.08. The van der Waals surface area contributed by atoms with Crippen LogP contribution in [0.1, 0.15) is 18.4 Å². The lowest BCUT2D eigenvalue weighted by Gasteiger charge is -2.45. The van der Waals surface area contributed by atoms with Crippen LogP contribution in [-0.2, 0) is 6.54 Å². The molecule has 0 saturated carbocycles. The topological polar surface area (TPSA) is 37.4 Å². The van der Waals surface area contributed by atoms with Crippen molar-refractivity contribution in [2.24, 2.45) is 5.92 Å². The van der Waals surface area contributed by atoms with Gasteiger partial charge in [0.05, 0.1) is 7.11 Å². The zero-order chi connectivity index (χ0) is 12.4. The Morgan fingerprint density at radius 3 is 2.78 bits per heavy atom. The second kappa shape index (κ2) is 5.24. The average molecular weight is 247 g/mol. The van der Waals surface area contributed by atoms with E-state index >= 15 is 0 Å². The Bertz CT molecular complexity index is 385. The summed E-state index contributed by atoms with van der Waals surface area (Å²) in [4.78, 5) is 6.81. The lowest BCUT2D eigenvalue weighted by atomic mass is 9.84. The second-order valence-electron chi connectivity index (χ2n) is 5.33. The van der Waals surface area contributed by atoms with Crippen LogP contribution in [0.15, 0.2) is 18.3 Å². The number of nitrogens with zero attached hydrogens (tertiary/aromatic N) is 2. The highest BCUT2D eigenvalue weighted by atomic mass is 16.5. The Kier molecular flexibility index (Phi) is 3.48. The van der Waals surface area contributed by atoms with Gasteiger partial charge >= 0.3 is 0 Å². The molecule has 0 aromatic carbocycles. The minimum atomic E-state index is 0.662.